The van der Waals surface area contributed by atoms with Crippen molar-refractivity contribution in [2.75, 3.05) is 13.2 Å². The average molecular weight is 205 g/mol. The highest BCUT2D eigenvalue weighted by molar-refractivity contribution is 5.18. The molecule has 1 saturated heterocycles. The van der Waals surface area contributed by atoms with E-state index in [-0.39, 0.29) is 5.54 Å². The first kappa shape index (κ1) is 10.7. The van der Waals surface area contributed by atoms with Gasteiger partial charge in [0.15, 0.2) is 0 Å². The van der Waals surface area contributed by atoms with Crippen LogP contribution in [0.3, 0.4) is 0 Å². The molecule has 82 valence electrons. The quantitative estimate of drug-likeness (QED) is 0.818. The zero-order chi connectivity index (χ0) is 10.7. The van der Waals surface area contributed by atoms with E-state index >= 15 is 0 Å². The van der Waals surface area contributed by atoms with Crippen molar-refractivity contribution >= 4 is 0 Å². The van der Waals surface area contributed by atoms with Crippen molar-refractivity contribution in [2.24, 2.45) is 0 Å². The summed E-state index contributed by atoms with van der Waals surface area (Å²) in [5, 5.41) is 3.65. The minimum absolute atomic E-state index is 0.148. The van der Waals surface area contributed by atoms with E-state index in [0.717, 1.165) is 19.6 Å². The molecule has 2 atom stereocenters. The van der Waals surface area contributed by atoms with Gasteiger partial charge in [-0.15, -0.1) is 0 Å². The Morgan fingerprint density at radius 3 is 2.67 bits per heavy atom. The van der Waals surface area contributed by atoms with E-state index in [1.807, 2.05) is 0 Å². The fourth-order valence-electron chi connectivity index (χ4n) is 2.13. The smallest absolute Gasteiger partial charge is 0.0646 e. The van der Waals surface area contributed by atoms with E-state index in [2.05, 4.69) is 49.5 Å². The van der Waals surface area contributed by atoms with Crippen LogP contribution in [0.15, 0.2) is 30.3 Å². The lowest BCUT2D eigenvalue weighted by atomic mass is 9.98. The molecule has 0 aromatic heterocycles. The Kier molecular flexibility index (Phi) is 3.08. The van der Waals surface area contributed by atoms with Gasteiger partial charge in [0.2, 0.25) is 0 Å². The fraction of sp³-hybridized carbons (Fsp3) is 0.538. The Morgan fingerprint density at radius 2 is 2.07 bits per heavy atom. The van der Waals surface area contributed by atoms with Gasteiger partial charge in [-0.3, -0.25) is 0 Å². The molecule has 2 rings (SSSR count). The number of benzene rings is 1. The maximum Gasteiger partial charge on any atom is 0.0646 e. The zero-order valence-electron chi connectivity index (χ0n) is 9.49. The van der Waals surface area contributed by atoms with E-state index in [1.165, 1.54) is 5.56 Å². The summed E-state index contributed by atoms with van der Waals surface area (Å²) in [6, 6.07) is 10.9. The van der Waals surface area contributed by atoms with Crippen LogP contribution in [0, 0.1) is 0 Å². The van der Waals surface area contributed by atoms with E-state index in [4.69, 9.17) is 4.74 Å². The molecule has 1 heterocycles. The molecule has 1 aromatic rings. The molecule has 0 aliphatic carbocycles. The number of rotatable bonds is 3. The van der Waals surface area contributed by atoms with E-state index in [1.54, 1.807) is 0 Å². The van der Waals surface area contributed by atoms with Gasteiger partial charge < -0.3 is 10.1 Å². The minimum Gasteiger partial charge on any atom is -0.379 e. The molecule has 0 radical (unpaired) electrons. The average Bonchev–Trinajstić information content (AvgIpc) is 2.66. The summed E-state index contributed by atoms with van der Waals surface area (Å²) in [6.07, 6.45) is 1.10. The van der Waals surface area contributed by atoms with Crippen LogP contribution in [0.2, 0.25) is 0 Å². The second-order valence-electron chi connectivity index (χ2n) is 4.64. The maximum atomic E-state index is 5.43. The van der Waals surface area contributed by atoms with Crippen molar-refractivity contribution in [2.45, 2.75) is 31.8 Å². The Bertz CT molecular complexity index is 304. The highest BCUT2D eigenvalue weighted by Gasteiger charge is 2.30. The zero-order valence-corrected chi connectivity index (χ0v) is 9.49. The molecule has 1 aromatic carbocycles. The monoisotopic (exact) mass is 205 g/mol. The van der Waals surface area contributed by atoms with Gasteiger partial charge in [0, 0.05) is 18.2 Å². The van der Waals surface area contributed by atoms with Gasteiger partial charge in [-0.25, -0.2) is 0 Å². The number of nitrogens with one attached hydrogen (secondary N) is 1. The third-order valence-corrected chi connectivity index (χ3v) is 3.08. The predicted octanol–water partition coefficient (Wildman–Crippen LogP) is 2.52. The second-order valence-corrected chi connectivity index (χ2v) is 4.64. The lowest BCUT2D eigenvalue weighted by molar-refractivity contribution is 0.167. The molecule has 0 bridgehead atoms. The predicted molar refractivity (Wildman–Crippen MR) is 61.8 cm³/mol. The minimum atomic E-state index is 0.148. The first-order valence-corrected chi connectivity index (χ1v) is 5.60. The van der Waals surface area contributed by atoms with Gasteiger partial charge in [0.05, 0.1) is 6.61 Å². The van der Waals surface area contributed by atoms with Crippen molar-refractivity contribution in [3.8, 4) is 0 Å². The van der Waals surface area contributed by atoms with Crippen molar-refractivity contribution in [3.63, 3.8) is 0 Å². The molecule has 1 aliphatic rings. The third-order valence-electron chi connectivity index (χ3n) is 3.08. The summed E-state index contributed by atoms with van der Waals surface area (Å²) in [7, 11) is 0. The highest BCUT2D eigenvalue weighted by atomic mass is 16.5. The van der Waals surface area contributed by atoms with Crippen LogP contribution in [0.4, 0.5) is 0 Å². The van der Waals surface area contributed by atoms with Crippen LogP contribution in [-0.2, 0) is 4.74 Å². The molecule has 0 spiro atoms. The molecule has 0 saturated carbocycles. The van der Waals surface area contributed by atoms with Crippen LogP contribution in [0.1, 0.15) is 31.9 Å². The van der Waals surface area contributed by atoms with Crippen LogP contribution < -0.4 is 5.32 Å². The number of hydrogen-bond acceptors (Lipinski definition) is 2. The summed E-state index contributed by atoms with van der Waals surface area (Å²) in [5.41, 5.74) is 1.49. The van der Waals surface area contributed by atoms with Crippen LogP contribution in [-0.4, -0.2) is 18.8 Å². The van der Waals surface area contributed by atoms with E-state index in [0.29, 0.717) is 6.04 Å². The molecule has 1 N–H and O–H groups in total. The molecular weight excluding hydrogens is 186 g/mol. The largest absolute Gasteiger partial charge is 0.379 e. The Balaban J connectivity index is 2.00. The van der Waals surface area contributed by atoms with Crippen molar-refractivity contribution in [1.29, 1.82) is 0 Å². The highest BCUT2D eigenvalue weighted by Crippen LogP contribution is 2.22. The summed E-state index contributed by atoms with van der Waals surface area (Å²) in [5.74, 6) is 0. The van der Waals surface area contributed by atoms with Crippen molar-refractivity contribution in [1.82, 2.24) is 5.32 Å². The van der Waals surface area contributed by atoms with E-state index in [9.17, 15) is 0 Å². The van der Waals surface area contributed by atoms with E-state index < -0.39 is 0 Å². The molecule has 2 heteroatoms. The fourth-order valence-corrected chi connectivity index (χ4v) is 2.13. The number of hydrogen-bond donors (Lipinski definition) is 1. The molecule has 2 nitrogen and oxygen atoms in total. The van der Waals surface area contributed by atoms with Crippen LogP contribution in [0.25, 0.3) is 0 Å². The van der Waals surface area contributed by atoms with Gasteiger partial charge in [0.1, 0.15) is 0 Å². The molecule has 1 fully saturated rings. The Hall–Kier alpha value is -0.860. The lowest BCUT2D eigenvalue weighted by Gasteiger charge is -2.28. The molecular formula is C13H19NO. The standard InChI is InChI=1S/C13H19NO/c1-11(12-6-4-3-5-7-12)14-13(2)8-9-15-10-13/h3-7,11,14H,8-10H2,1-2H3/t11-,13-/m1/s1. The molecule has 0 amide bonds. The topological polar surface area (TPSA) is 21.3 Å². The maximum absolute atomic E-state index is 5.43. The SMILES string of the molecule is C[C@@H](N[C@]1(C)CCOC1)c1ccccc1. The van der Waals surface area contributed by atoms with Crippen LogP contribution >= 0.6 is 0 Å². The van der Waals surface area contributed by atoms with Gasteiger partial charge in [-0.05, 0) is 25.8 Å². The summed E-state index contributed by atoms with van der Waals surface area (Å²) >= 11 is 0. The van der Waals surface area contributed by atoms with Crippen molar-refractivity contribution < 1.29 is 4.74 Å². The van der Waals surface area contributed by atoms with Gasteiger partial charge in [0.25, 0.3) is 0 Å². The normalized spacial score (nSPS) is 27.9. The van der Waals surface area contributed by atoms with Gasteiger partial charge >= 0.3 is 0 Å². The Labute approximate surface area is 91.6 Å². The second kappa shape index (κ2) is 4.33. The van der Waals surface area contributed by atoms with Gasteiger partial charge in [-0.2, -0.15) is 0 Å². The van der Waals surface area contributed by atoms with Crippen LogP contribution in [0.5, 0.6) is 0 Å². The molecule has 15 heavy (non-hydrogen) atoms. The first-order chi connectivity index (χ1) is 7.20. The summed E-state index contributed by atoms with van der Waals surface area (Å²) in [4.78, 5) is 0. The summed E-state index contributed by atoms with van der Waals surface area (Å²) in [6.45, 7) is 6.15. The Morgan fingerprint density at radius 1 is 1.33 bits per heavy atom. The first-order valence-electron chi connectivity index (χ1n) is 5.60. The third kappa shape index (κ3) is 2.58. The molecule has 0 unspecified atom stereocenters. The van der Waals surface area contributed by atoms with Crippen molar-refractivity contribution in [3.05, 3.63) is 35.9 Å². The summed E-state index contributed by atoms with van der Waals surface area (Å²) < 4.78 is 5.43. The lowest BCUT2D eigenvalue weighted by Crippen LogP contribution is -2.44. The van der Waals surface area contributed by atoms with Gasteiger partial charge in [-0.1, -0.05) is 30.3 Å². The molecule has 1 aliphatic heterocycles. The number of ether oxygens (including phenoxy) is 1.